The van der Waals surface area contributed by atoms with Gasteiger partial charge in [-0.25, -0.2) is 0 Å². The van der Waals surface area contributed by atoms with Crippen LogP contribution >= 0.6 is 0 Å². The van der Waals surface area contributed by atoms with Crippen molar-refractivity contribution in [2.75, 3.05) is 58.9 Å². The van der Waals surface area contributed by atoms with Crippen molar-refractivity contribution in [1.82, 2.24) is 20.0 Å². The lowest BCUT2D eigenvalue weighted by atomic mass is 9.93. The van der Waals surface area contributed by atoms with Crippen molar-refractivity contribution < 1.29 is 9.59 Å². The number of piperidine rings is 1. The molecule has 138 valence electrons. The second-order valence-electron chi connectivity index (χ2n) is 6.96. The molecule has 6 heteroatoms. The van der Waals surface area contributed by atoms with Gasteiger partial charge in [-0.2, -0.15) is 0 Å². The zero-order valence-corrected chi connectivity index (χ0v) is 15.4. The summed E-state index contributed by atoms with van der Waals surface area (Å²) < 4.78 is 0. The van der Waals surface area contributed by atoms with E-state index in [2.05, 4.69) is 10.2 Å². The van der Waals surface area contributed by atoms with Crippen molar-refractivity contribution >= 4 is 11.8 Å². The van der Waals surface area contributed by atoms with Gasteiger partial charge in [-0.05, 0) is 52.1 Å². The number of hydrogen-bond donors (Lipinski definition) is 1. The van der Waals surface area contributed by atoms with Crippen molar-refractivity contribution in [2.24, 2.45) is 5.92 Å². The molecule has 0 aromatic heterocycles. The smallest absolute Gasteiger partial charge is 0.236 e. The highest BCUT2D eigenvalue weighted by atomic mass is 16.2. The number of carbonyl (C=O) groups excluding carboxylic acids is 2. The Kier molecular flexibility index (Phi) is 7.99. The Labute approximate surface area is 146 Å². The first kappa shape index (κ1) is 19.2. The van der Waals surface area contributed by atoms with Crippen LogP contribution in [0.1, 0.15) is 39.5 Å². The number of nitrogens with one attached hydrogen (secondary N) is 1. The lowest BCUT2D eigenvalue weighted by Gasteiger charge is -2.35. The van der Waals surface area contributed by atoms with Crippen molar-refractivity contribution in [3.8, 4) is 0 Å². The van der Waals surface area contributed by atoms with Gasteiger partial charge in [-0.1, -0.05) is 0 Å². The lowest BCUT2D eigenvalue weighted by molar-refractivity contribution is -0.135. The molecule has 2 saturated heterocycles. The van der Waals surface area contributed by atoms with Crippen LogP contribution in [0.25, 0.3) is 0 Å². The van der Waals surface area contributed by atoms with Gasteiger partial charge in [0, 0.05) is 45.7 Å². The van der Waals surface area contributed by atoms with Gasteiger partial charge in [0.2, 0.25) is 11.8 Å². The van der Waals surface area contributed by atoms with Gasteiger partial charge in [-0.15, -0.1) is 0 Å². The van der Waals surface area contributed by atoms with Gasteiger partial charge in [0.25, 0.3) is 0 Å². The molecule has 0 aliphatic carbocycles. The molecule has 0 atom stereocenters. The first-order chi connectivity index (χ1) is 11.6. The lowest BCUT2D eigenvalue weighted by Crippen LogP contribution is -2.51. The van der Waals surface area contributed by atoms with E-state index in [0.717, 1.165) is 58.8 Å². The largest absolute Gasteiger partial charge is 0.342 e. The molecule has 24 heavy (non-hydrogen) atoms. The van der Waals surface area contributed by atoms with Crippen LogP contribution in [0.2, 0.25) is 0 Å². The quantitative estimate of drug-likeness (QED) is 0.745. The summed E-state index contributed by atoms with van der Waals surface area (Å²) >= 11 is 0. The Bertz CT molecular complexity index is 398. The van der Waals surface area contributed by atoms with Crippen LogP contribution in [0.4, 0.5) is 0 Å². The second-order valence-corrected chi connectivity index (χ2v) is 6.96. The summed E-state index contributed by atoms with van der Waals surface area (Å²) in [5.41, 5.74) is 0. The van der Waals surface area contributed by atoms with Crippen molar-refractivity contribution in [3.63, 3.8) is 0 Å². The highest BCUT2D eigenvalue weighted by molar-refractivity contribution is 5.78. The molecule has 2 heterocycles. The van der Waals surface area contributed by atoms with Gasteiger partial charge >= 0.3 is 0 Å². The summed E-state index contributed by atoms with van der Waals surface area (Å²) in [6.45, 7) is 11.4. The third kappa shape index (κ3) is 5.74. The molecule has 6 nitrogen and oxygen atoms in total. The molecule has 0 unspecified atom stereocenters. The standard InChI is InChI=1S/C18H34N4O2/c1-3-21(4-2)18(24)15-20-11-13-22(14-12-20)17(23)6-5-16-7-9-19-10-8-16/h16,19H,3-15H2,1-2H3. The molecule has 2 rings (SSSR count). The van der Waals surface area contributed by atoms with Crippen molar-refractivity contribution in [2.45, 2.75) is 39.5 Å². The van der Waals surface area contributed by atoms with Gasteiger partial charge in [0.15, 0.2) is 0 Å². The minimum absolute atomic E-state index is 0.200. The van der Waals surface area contributed by atoms with E-state index in [0.29, 0.717) is 24.8 Å². The topological polar surface area (TPSA) is 55.9 Å². The first-order valence-corrected chi connectivity index (χ1v) is 9.62. The third-order valence-electron chi connectivity index (χ3n) is 5.43. The van der Waals surface area contributed by atoms with Crippen LogP contribution in [0.15, 0.2) is 0 Å². The third-order valence-corrected chi connectivity index (χ3v) is 5.43. The number of carbonyl (C=O) groups is 2. The predicted octanol–water partition coefficient (Wildman–Crippen LogP) is 0.779. The van der Waals surface area contributed by atoms with E-state index in [1.807, 2.05) is 23.6 Å². The number of nitrogens with zero attached hydrogens (tertiary/aromatic N) is 3. The molecule has 2 fully saturated rings. The Morgan fingerprint density at radius 2 is 1.67 bits per heavy atom. The molecule has 0 aromatic rings. The molecule has 0 radical (unpaired) electrons. The summed E-state index contributed by atoms with van der Waals surface area (Å²) in [4.78, 5) is 30.6. The zero-order chi connectivity index (χ0) is 17.4. The number of amides is 2. The fourth-order valence-corrected chi connectivity index (χ4v) is 3.68. The SMILES string of the molecule is CCN(CC)C(=O)CN1CCN(C(=O)CCC2CCNCC2)CC1. The van der Waals surface area contributed by atoms with Gasteiger partial charge in [0.1, 0.15) is 0 Å². The molecule has 0 spiro atoms. The Morgan fingerprint density at radius 3 is 2.25 bits per heavy atom. The van der Waals surface area contributed by atoms with Crippen LogP contribution < -0.4 is 5.32 Å². The van der Waals surface area contributed by atoms with Gasteiger partial charge in [0.05, 0.1) is 6.54 Å². The number of rotatable bonds is 7. The molecule has 2 aliphatic heterocycles. The van der Waals surface area contributed by atoms with Crippen LogP contribution in [0, 0.1) is 5.92 Å². The highest BCUT2D eigenvalue weighted by Crippen LogP contribution is 2.18. The minimum atomic E-state index is 0.200. The number of likely N-dealkylation sites (N-methyl/N-ethyl adjacent to an activating group) is 1. The molecule has 0 saturated carbocycles. The molecular formula is C18H34N4O2. The summed E-state index contributed by atoms with van der Waals surface area (Å²) in [6, 6.07) is 0. The summed E-state index contributed by atoms with van der Waals surface area (Å²) in [7, 11) is 0. The summed E-state index contributed by atoms with van der Waals surface area (Å²) in [6.07, 6.45) is 4.12. The molecule has 0 bridgehead atoms. The normalized spacial score (nSPS) is 20.2. The minimum Gasteiger partial charge on any atom is -0.342 e. The van der Waals surface area contributed by atoms with E-state index >= 15 is 0 Å². The second kappa shape index (κ2) is 9.99. The Hall–Kier alpha value is -1.14. The van der Waals surface area contributed by atoms with E-state index in [1.54, 1.807) is 0 Å². The van der Waals surface area contributed by atoms with E-state index < -0.39 is 0 Å². The number of piperazine rings is 1. The molecule has 0 aromatic carbocycles. The van der Waals surface area contributed by atoms with E-state index in [9.17, 15) is 9.59 Å². The monoisotopic (exact) mass is 338 g/mol. The van der Waals surface area contributed by atoms with Crippen molar-refractivity contribution in [1.29, 1.82) is 0 Å². The average Bonchev–Trinajstić information content (AvgIpc) is 2.62. The van der Waals surface area contributed by atoms with Crippen LogP contribution in [0.5, 0.6) is 0 Å². The van der Waals surface area contributed by atoms with Gasteiger partial charge < -0.3 is 15.1 Å². The highest BCUT2D eigenvalue weighted by Gasteiger charge is 2.24. The van der Waals surface area contributed by atoms with Gasteiger partial charge in [-0.3, -0.25) is 14.5 Å². The number of hydrogen-bond acceptors (Lipinski definition) is 4. The van der Waals surface area contributed by atoms with Crippen LogP contribution in [-0.4, -0.2) is 85.4 Å². The Morgan fingerprint density at radius 1 is 1.04 bits per heavy atom. The van der Waals surface area contributed by atoms with E-state index in [4.69, 9.17) is 0 Å². The first-order valence-electron chi connectivity index (χ1n) is 9.62. The molecular weight excluding hydrogens is 304 g/mol. The van der Waals surface area contributed by atoms with E-state index in [1.165, 1.54) is 12.8 Å². The summed E-state index contributed by atoms with van der Waals surface area (Å²) in [5.74, 6) is 1.21. The molecule has 2 amide bonds. The fourth-order valence-electron chi connectivity index (χ4n) is 3.68. The van der Waals surface area contributed by atoms with E-state index in [-0.39, 0.29) is 5.91 Å². The van der Waals surface area contributed by atoms with Crippen LogP contribution in [0.3, 0.4) is 0 Å². The molecule has 1 N–H and O–H groups in total. The van der Waals surface area contributed by atoms with Crippen molar-refractivity contribution in [3.05, 3.63) is 0 Å². The maximum atomic E-state index is 12.4. The maximum absolute atomic E-state index is 12.4. The average molecular weight is 338 g/mol. The molecule has 2 aliphatic rings. The summed E-state index contributed by atoms with van der Waals surface area (Å²) in [5, 5.41) is 3.37. The fraction of sp³-hybridized carbons (Fsp3) is 0.889. The zero-order valence-electron chi connectivity index (χ0n) is 15.4. The predicted molar refractivity (Wildman–Crippen MR) is 95.8 cm³/mol. The van der Waals surface area contributed by atoms with Crippen LogP contribution in [-0.2, 0) is 9.59 Å². The maximum Gasteiger partial charge on any atom is 0.236 e. The Balaban J connectivity index is 1.66.